The van der Waals surface area contributed by atoms with Crippen molar-refractivity contribution in [3.8, 4) is 0 Å². The van der Waals surface area contributed by atoms with Crippen molar-refractivity contribution < 1.29 is 8.78 Å². The Balaban J connectivity index is 2.31. The lowest BCUT2D eigenvalue weighted by atomic mass is 10.2. The van der Waals surface area contributed by atoms with E-state index in [4.69, 9.17) is 0 Å². The molecule has 0 amide bonds. The third-order valence-corrected chi connectivity index (χ3v) is 2.67. The summed E-state index contributed by atoms with van der Waals surface area (Å²) in [5.41, 5.74) is 0.827. The van der Waals surface area contributed by atoms with E-state index in [0.29, 0.717) is 17.1 Å². The normalized spacial score (nSPS) is 10.3. The Kier molecular flexibility index (Phi) is 3.94. The van der Waals surface area contributed by atoms with E-state index in [1.165, 1.54) is 12.1 Å². The fourth-order valence-electron chi connectivity index (χ4n) is 1.70. The average Bonchev–Trinajstić information content (AvgIpc) is 2.40. The number of aryl methyl sites for hydroxylation is 1. The molecule has 2 N–H and O–H groups in total. The molecule has 0 bridgehead atoms. The van der Waals surface area contributed by atoms with Gasteiger partial charge in [0.15, 0.2) is 5.82 Å². The maximum absolute atomic E-state index is 13.9. The summed E-state index contributed by atoms with van der Waals surface area (Å²) in [6, 6.07) is 6.01. The van der Waals surface area contributed by atoms with Gasteiger partial charge in [-0.25, -0.2) is 13.8 Å². The molecule has 0 aliphatic carbocycles. The number of aromatic nitrogens is 1. The van der Waals surface area contributed by atoms with Gasteiger partial charge >= 0.3 is 0 Å². The number of nitrogens with one attached hydrogen (secondary N) is 2. The molecule has 0 unspecified atom stereocenters. The topological polar surface area (TPSA) is 37.0 Å². The minimum absolute atomic E-state index is 0.145. The van der Waals surface area contributed by atoms with E-state index < -0.39 is 11.6 Å². The molecule has 0 fully saturated rings. The predicted molar refractivity (Wildman–Crippen MR) is 72.8 cm³/mol. The first-order valence-corrected chi connectivity index (χ1v) is 6.03. The summed E-state index contributed by atoms with van der Waals surface area (Å²) < 4.78 is 27.5. The van der Waals surface area contributed by atoms with E-state index in [0.717, 1.165) is 6.54 Å². The van der Waals surface area contributed by atoms with Gasteiger partial charge in [0, 0.05) is 24.5 Å². The van der Waals surface area contributed by atoms with E-state index >= 15 is 0 Å². The molecule has 1 aromatic heterocycles. The molecule has 0 aliphatic rings. The zero-order chi connectivity index (χ0) is 13.8. The highest BCUT2D eigenvalue weighted by molar-refractivity contribution is 5.64. The minimum Gasteiger partial charge on any atom is -0.370 e. The molecule has 0 saturated heterocycles. The van der Waals surface area contributed by atoms with Gasteiger partial charge in [0.05, 0.1) is 0 Å². The summed E-state index contributed by atoms with van der Waals surface area (Å²) in [4.78, 5) is 4.09. The SMILES string of the molecule is CCNc1cc(Nc2c(F)ccc(C)c2F)ccn1. The summed E-state index contributed by atoms with van der Waals surface area (Å²) in [7, 11) is 0. The molecule has 1 heterocycles. The Morgan fingerprint density at radius 3 is 2.74 bits per heavy atom. The maximum Gasteiger partial charge on any atom is 0.152 e. The maximum atomic E-state index is 13.9. The highest BCUT2D eigenvalue weighted by atomic mass is 19.1. The molecule has 0 atom stereocenters. The van der Waals surface area contributed by atoms with Gasteiger partial charge in [0.1, 0.15) is 17.3 Å². The van der Waals surface area contributed by atoms with Crippen LogP contribution >= 0.6 is 0 Å². The van der Waals surface area contributed by atoms with E-state index in [9.17, 15) is 8.78 Å². The van der Waals surface area contributed by atoms with Crippen molar-refractivity contribution in [3.05, 3.63) is 47.7 Å². The van der Waals surface area contributed by atoms with Gasteiger partial charge in [-0.1, -0.05) is 6.07 Å². The Labute approximate surface area is 110 Å². The van der Waals surface area contributed by atoms with Crippen LogP contribution in [0, 0.1) is 18.6 Å². The summed E-state index contributed by atoms with van der Waals surface area (Å²) in [5, 5.41) is 5.79. The number of nitrogens with zero attached hydrogens (tertiary/aromatic N) is 1. The molecule has 100 valence electrons. The van der Waals surface area contributed by atoms with Gasteiger partial charge in [-0.05, 0) is 31.5 Å². The second kappa shape index (κ2) is 5.65. The van der Waals surface area contributed by atoms with Gasteiger partial charge in [-0.15, -0.1) is 0 Å². The number of pyridine rings is 1. The van der Waals surface area contributed by atoms with Gasteiger partial charge in [-0.3, -0.25) is 0 Å². The molecule has 3 nitrogen and oxygen atoms in total. The lowest BCUT2D eigenvalue weighted by molar-refractivity contribution is 0.585. The van der Waals surface area contributed by atoms with Crippen molar-refractivity contribution in [2.45, 2.75) is 13.8 Å². The Morgan fingerprint density at radius 2 is 2.00 bits per heavy atom. The van der Waals surface area contributed by atoms with Gasteiger partial charge in [-0.2, -0.15) is 0 Å². The molecule has 1 aromatic carbocycles. The first kappa shape index (κ1) is 13.3. The second-order valence-electron chi connectivity index (χ2n) is 4.14. The van der Waals surface area contributed by atoms with Crippen LogP contribution < -0.4 is 10.6 Å². The van der Waals surface area contributed by atoms with Crippen molar-refractivity contribution in [1.82, 2.24) is 4.98 Å². The lowest BCUT2D eigenvalue weighted by Crippen LogP contribution is -2.02. The van der Waals surface area contributed by atoms with Crippen molar-refractivity contribution >= 4 is 17.2 Å². The number of hydrogen-bond donors (Lipinski definition) is 2. The largest absolute Gasteiger partial charge is 0.370 e. The summed E-state index contributed by atoms with van der Waals surface area (Å²) in [6.07, 6.45) is 1.58. The number of rotatable bonds is 4. The fraction of sp³-hybridized carbons (Fsp3) is 0.214. The molecular formula is C14H15F2N3. The number of halogens is 2. The third-order valence-electron chi connectivity index (χ3n) is 2.67. The quantitative estimate of drug-likeness (QED) is 0.880. The standard InChI is InChI=1S/C14H15F2N3/c1-3-17-12-8-10(6-7-18-12)19-14-11(15)5-4-9(2)13(14)16/h4-8H,3H2,1-2H3,(H2,17,18,19). The van der Waals surface area contributed by atoms with Crippen LogP contribution in [0.4, 0.5) is 26.0 Å². The smallest absolute Gasteiger partial charge is 0.152 e. The summed E-state index contributed by atoms with van der Waals surface area (Å²) in [6.45, 7) is 4.27. The van der Waals surface area contributed by atoms with Crippen LogP contribution in [0.1, 0.15) is 12.5 Å². The van der Waals surface area contributed by atoms with Crippen LogP contribution in [0.25, 0.3) is 0 Å². The highest BCUT2D eigenvalue weighted by Crippen LogP contribution is 2.26. The Bertz CT molecular complexity index is 585. The molecule has 0 aliphatic heterocycles. The first-order chi connectivity index (χ1) is 9.11. The number of anilines is 3. The lowest BCUT2D eigenvalue weighted by Gasteiger charge is -2.11. The van der Waals surface area contributed by atoms with Crippen LogP contribution in [-0.2, 0) is 0 Å². The van der Waals surface area contributed by atoms with Crippen LogP contribution in [0.2, 0.25) is 0 Å². The van der Waals surface area contributed by atoms with E-state index in [1.54, 1.807) is 25.3 Å². The van der Waals surface area contributed by atoms with Crippen LogP contribution in [0.15, 0.2) is 30.5 Å². The summed E-state index contributed by atoms with van der Waals surface area (Å²) in [5.74, 6) is -0.548. The van der Waals surface area contributed by atoms with Crippen LogP contribution in [0.3, 0.4) is 0 Å². The number of benzene rings is 1. The molecule has 19 heavy (non-hydrogen) atoms. The molecule has 0 saturated carbocycles. The molecule has 2 aromatic rings. The predicted octanol–water partition coefficient (Wildman–Crippen LogP) is 3.84. The zero-order valence-electron chi connectivity index (χ0n) is 10.8. The average molecular weight is 263 g/mol. The van der Waals surface area contributed by atoms with Gasteiger partial charge in [0.25, 0.3) is 0 Å². The Hall–Kier alpha value is -2.17. The number of hydrogen-bond acceptors (Lipinski definition) is 3. The molecule has 0 radical (unpaired) electrons. The van der Waals surface area contributed by atoms with E-state index in [1.807, 2.05) is 6.92 Å². The second-order valence-corrected chi connectivity index (χ2v) is 4.14. The molecular weight excluding hydrogens is 248 g/mol. The van der Waals surface area contributed by atoms with Crippen molar-refractivity contribution in [2.75, 3.05) is 17.2 Å². The Morgan fingerprint density at radius 1 is 1.21 bits per heavy atom. The van der Waals surface area contributed by atoms with E-state index in [-0.39, 0.29) is 5.69 Å². The third kappa shape index (κ3) is 2.99. The monoisotopic (exact) mass is 263 g/mol. The first-order valence-electron chi connectivity index (χ1n) is 6.03. The molecule has 2 rings (SSSR count). The summed E-state index contributed by atoms with van der Waals surface area (Å²) >= 11 is 0. The fourth-order valence-corrected chi connectivity index (χ4v) is 1.70. The van der Waals surface area contributed by atoms with Crippen molar-refractivity contribution in [1.29, 1.82) is 0 Å². The highest BCUT2D eigenvalue weighted by Gasteiger charge is 2.11. The van der Waals surface area contributed by atoms with Crippen LogP contribution in [0.5, 0.6) is 0 Å². The van der Waals surface area contributed by atoms with Crippen molar-refractivity contribution in [3.63, 3.8) is 0 Å². The molecule has 0 spiro atoms. The van der Waals surface area contributed by atoms with Crippen molar-refractivity contribution in [2.24, 2.45) is 0 Å². The van der Waals surface area contributed by atoms with E-state index in [2.05, 4.69) is 15.6 Å². The van der Waals surface area contributed by atoms with Gasteiger partial charge in [0.2, 0.25) is 0 Å². The van der Waals surface area contributed by atoms with Crippen LogP contribution in [-0.4, -0.2) is 11.5 Å². The minimum atomic E-state index is -0.620. The van der Waals surface area contributed by atoms with Gasteiger partial charge < -0.3 is 10.6 Å². The zero-order valence-corrected chi connectivity index (χ0v) is 10.8. The molecule has 5 heteroatoms.